The van der Waals surface area contributed by atoms with Crippen molar-refractivity contribution in [2.75, 3.05) is 26.2 Å². The summed E-state index contributed by atoms with van der Waals surface area (Å²) in [6, 6.07) is 10.7. The molecule has 1 aromatic carbocycles. The maximum atomic E-state index is 13.1. The summed E-state index contributed by atoms with van der Waals surface area (Å²) in [6.45, 7) is 4.68. The molecule has 6 nitrogen and oxygen atoms in total. The standard InChI is InChI=1S/C20H24N4O2/c1-2-8-23-19(25)15-5-3-6-16(12-15)20(26)24-11-10-22-14-18(24)17-7-4-9-21-13-17/h3-7,9,12-13,18,22H,2,8,10-11,14H2,1H3,(H,23,25). The summed E-state index contributed by atoms with van der Waals surface area (Å²) in [5.41, 5.74) is 2.05. The van der Waals surface area contributed by atoms with Gasteiger partial charge in [0, 0.05) is 49.7 Å². The van der Waals surface area contributed by atoms with Crippen LogP contribution in [0.4, 0.5) is 0 Å². The Hall–Kier alpha value is -2.73. The first kappa shape index (κ1) is 18.1. The van der Waals surface area contributed by atoms with Crippen molar-refractivity contribution in [2.45, 2.75) is 19.4 Å². The number of aromatic nitrogens is 1. The van der Waals surface area contributed by atoms with E-state index in [0.717, 1.165) is 18.5 Å². The minimum absolute atomic E-state index is 0.0644. The van der Waals surface area contributed by atoms with E-state index in [0.29, 0.717) is 30.8 Å². The Bertz CT molecular complexity index is 763. The van der Waals surface area contributed by atoms with Crippen LogP contribution in [0.25, 0.3) is 0 Å². The lowest BCUT2D eigenvalue weighted by molar-refractivity contribution is 0.0634. The predicted molar refractivity (Wildman–Crippen MR) is 100.0 cm³/mol. The van der Waals surface area contributed by atoms with Crippen LogP contribution in [0, 0.1) is 0 Å². The maximum Gasteiger partial charge on any atom is 0.254 e. The molecule has 2 N–H and O–H groups in total. The quantitative estimate of drug-likeness (QED) is 0.863. The van der Waals surface area contributed by atoms with Gasteiger partial charge in [0.2, 0.25) is 0 Å². The number of pyridine rings is 1. The smallest absolute Gasteiger partial charge is 0.254 e. The minimum atomic E-state index is -0.148. The fourth-order valence-electron chi connectivity index (χ4n) is 3.12. The third kappa shape index (κ3) is 4.08. The second-order valence-electron chi connectivity index (χ2n) is 6.34. The molecule has 2 heterocycles. The van der Waals surface area contributed by atoms with E-state index >= 15 is 0 Å². The molecule has 1 atom stereocenters. The third-order valence-electron chi connectivity index (χ3n) is 4.48. The van der Waals surface area contributed by atoms with E-state index in [9.17, 15) is 9.59 Å². The van der Waals surface area contributed by atoms with Gasteiger partial charge in [0.25, 0.3) is 11.8 Å². The van der Waals surface area contributed by atoms with Crippen molar-refractivity contribution in [2.24, 2.45) is 0 Å². The molecule has 0 aliphatic carbocycles. The number of hydrogen-bond acceptors (Lipinski definition) is 4. The number of carbonyl (C=O) groups is 2. The first-order chi connectivity index (χ1) is 12.7. The summed E-state index contributed by atoms with van der Waals surface area (Å²) in [7, 11) is 0. The molecule has 0 spiro atoms. The fraction of sp³-hybridized carbons (Fsp3) is 0.350. The van der Waals surface area contributed by atoms with Gasteiger partial charge in [-0.3, -0.25) is 14.6 Å². The first-order valence-corrected chi connectivity index (χ1v) is 9.00. The van der Waals surface area contributed by atoms with Gasteiger partial charge in [0.05, 0.1) is 6.04 Å². The van der Waals surface area contributed by atoms with Crippen molar-refractivity contribution in [3.8, 4) is 0 Å². The maximum absolute atomic E-state index is 13.1. The zero-order chi connectivity index (χ0) is 18.4. The molecule has 2 aromatic rings. The highest BCUT2D eigenvalue weighted by atomic mass is 16.2. The van der Waals surface area contributed by atoms with Gasteiger partial charge in [0.15, 0.2) is 0 Å². The Morgan fingerprint density at radius 1 is 1.27 bits per heavy atom. The van der Waals surface area contributed by atoms with Crippen molar-refractivity contribution in [3.63, 3.8) is 0 Å². The Balaban J connectivity index is 1.82. The molecule has 0 saturated carbocycles. The molecule has 0 radical (unpaired) electrons. The molecule has 26 heavy (non-hydrogen) atoms. The van der Waals surface area contributed by atoms with E-state index < -0.39 is 0 Å². The molecule has 136 valence electrons. The van der Waals surface area contributed by atoms with Crippen LogP contribution in [0.5, 0.6) is 0 Å². The first-order valence-electron chi connectivity index (χ1n) is 9.00. The van der Waals surface area contributed by atoms with Crippen LogP contribution < -0.4 is 10.6 Å². The highest BCUT2D eigenvalue weighted by Gasteiger charge is 2.29. The number of rotatable bonds is 5. The molecule has 3 rings (SSSR count). The average molecular weight is 352 g/mol. The lowest BCUT2D eigenvalue weighted by atomic mass is 10.0. The number of hydrogen-bond donors (Lipinski definition) is 2. The van der Waals surface area contributed by atoms with Gasteiger partial charge in [-0.1, -0.05) is 19.1 Å². The molecular weight excluding hydrogens is 328 g/mol. The molecule has 1 aliphatic rings. The fourth-order valence-corrected chi connectivity index (χ4v) is 3.12. The topological polar surface area (TPSA) is 74.3 Å². The Morgan fingerprint density at radius 3 is 2.88 bits per heavy atom. The van der Waals surface area contributed by atoms with Gasteiger partial charge in [-0.25, -0.2) is 0 Å². The molecule has 6 heteroatoms. The lowest BCUT2D eigenvalue weighted by Gasteiger charge is -2.36. The van der Waals surface area contributed by atoms with Gasteiger partial charge < -0.3 is 15.5 Å². The van der Waals surface area contributed by atoms with E-state index in [1.807, 2.05) is 24.0 Å². The van der Waals surface area contributed by atoms with Crippen molar-refractivity contribution < 1.29 is 9.59 Å². The zero-order valence-electron chi connectivity index (χ0n) is 14.9. The number of amides is 2. The van der Waals surface area contributed by atoms with Gasteiger partial charge in [-0.05, 0) is 36.2 Å². The van der Waals surface area contributed by atoms with E-state index in [4.69, 9.17) is 0 Å². The van der Waals surface area contributed by atoms with Crippen LogP contribution in [0.3, 0.4) is 0 Å². The number of nitrogens with one attached hydrogen (secondary N) is 2. The van der Waals surface area contributed by atoms with Crippen LogP contribution in [0.2, 0.25) is 0 Å². The molecule has 1 aromatic heterocycles. The highest BCUT2D eigenvalue weighted by Crippen LogP contribution is 2.23. The summed E-state index contributed by atoms with van der Waals surface area (Å²) >= 11 is 0. The van der Waals surface area contributed by atoms with Gasteiger partial charge >= 0.3 is 0 Å². The summed E-state index contributed by atoms with van der Waals surface area (Å²) in [5, 5.41) is 6.18. The second-order valence-corrected chi connectivity index (χ2v) is 6.34. The Morgan fingerprint density at radius 2 is 2.12 bits per heavy atom. The normalized spacial score (nSPS) is 17.0. The average Bonchev–Trinajstić information content (AvgIpc) is 2.72. The van der Waals surface area contributed by atoms with Gasteiger partial charge in [-0.2, -0.15) is 0 Å². The van der Waals surface area contributed by atoms with Crippen LogP contribution in [0.1, 0.15) is 45.7 Å². The van der Waals surface area contributed by atoms with E-state index in [1.165, 1.54) is 0 Å². The summed E-state index contributed by atoms with van der Waals surface area (Å²) in [4.78, 5) is 31.3. The van der Waals surface area contributed by atoms with Gasteiger partial charge in [-0.15, -0.1) is 0 Å². The predicted octanol–water partition coefficient (Wildman–Crippen LogP) is 2.01. The molecule has 1 saturated heterocycles. The van der Waals surface area contributed by atoms with E-state index in [2.05, 4.69) is 15.6 Å². The number of piperazine rings is 1. The summed E-state index contributed by atoms with van der Waals surface area (Å²) < 4.78 is 0. The highest BCUT2D eigenvalue weighted by molar-refractivity contribution is 5.99. The molecule has 1 fully saturated rings. The zero-order valence-corrected chi connectivity index (χ0v) is 14.9. The molecular formula is C20H24N4O2. The number of benzene rings is 1. The van der Waals surface area contributed by atoms with Crippen LogP contribution >= 0.6 is 0 Å². The summed E-state index contributed by atoms with van der Waals surface area (Å²) in [6.07, 6.45) is 4.40. The van der Waals surface area contributed by atoms with Crippen LogP contribution in [0.15, 0.2) is 48.8 Å². The van der Waals surface area contributed by atoms with E-state index in [1.54, 1.807) is 36.7 Å². The SMILES string of the molecule is CCCNC(=O)c1cccc(C(=O)N2CCNCC2c2cccnc2)c1. The summed E-state index contributed by atoms with van der Waals surface area (Å²) in [5.74, 6) is -0.212. The molecule has 1 unspecified atom stereocenters. The molecule has 2 amide bonds. The van der Waals surface area contributed by atoms with Crippen molar-refractivity contribution in [3.05, 3.63) is 65.5 Å². The Kier molecular flexibility index (Phi) is 5.96. The number of carbonyl (C=O) groups excluding carboxylic acids is 2. The van der Waals surface area contributed by atoms with Gasteiger partial charge in [0.1, 0.15) is 0 Å². The van der Waals surface area contributed by atoms with Crippen molar-refractivity contribution in [1.29, 1.82) is 0 Å². The number of nitrogens with zero attached hydrogens (tertiary/aromatic N) is 2. The minimum Gasteiger partial charge on any atom is -0.352 e. The monoisotopic (exact) mass is 352 g/mol. The largest absolute Gasteiger partial charge is 0.352 e. The lowest BCUT2D eigenvalue weighted by Crippen LogP contribution is -2.48. The Labute approximate surface area is 153 Å². The van der Waals surface area contributed by atoms with Crippen molar-refractivity contribution in [1.82, 2.24) is 20.5 Å². The van der Waals surface area contributed by atoms with Crippen LogP contribution in [-0.2, 0) is 0 Å². The molecule has 0 bridgehead atoms. The second kappa shape index (κ2) is 8.58. The molecule has 1 aliphatic heterocycles. The third-order valence-corrected chi connectivity index (χ3v) is 4.48. The van der Waals surface area contributed by atoms with Crippen molar-refractivity contribution >= 4 is 11.8 Å². The van der Waals surface area contributed by atoms with Crippen LogP contribution in [-0.4, -0.2) is 47.9 Å². The van der Waals surface area contributed by atoms with E-state index in [-0.39, 0.29) is 17.9 Å².